The van der Waals surface area contributed by atoms with Crippen molar-refractivity contribution in [3.05, 3.63) is 72.9 Å². The fourth-order valence-electron chi connectivity index (χ4n) is 8.82. The Labute approximate surface area is 446 Å². The fourth-order valence-corrected chi connectivity index (χ4v) is 8.82. The van der Waals surface area contributed by atoms with Crippen LogP contribution in [-0.2, 0) is 28.6 Å². The summed E-state index contributed by atoms with van der Waals surface area (Å²) in [6, 6.07) is 0. The number of esters is 3. The molecule has 0 radical (unpaired) electrons. The smallest absolute Gasteiger partial charge is 0.306 e. The average Bonchev–Trinajstić information content (AvgIpc) is 3.38. The minimum Gasteiger partial charge on any atom is -0.462 e. The third-order valence-corrected chi connectivity index (χ3v) is 13.4. The summed E-state index contributed by atoms with van der Waals surface area (Å²) in [6.45, 7) is 6.47. The first-order valence-corrected chi connectivity index (χ1v) is 30.9. The Morgan fingerprint density at radius 2 is 0.542 bits per heavy atom. The van der Waals surface area contributed by atoms with Crippen molar-refractivity contribution in [2.75, 3.05) is 13.2 Å². The second kappa shape index (κ2) is 60.4. The van der Waals surface area contributed by atoms with Crippen molar-refractivity contribution >= 4 is 17.9 Å². The van der Waals surface area contributed by atoms with Crippen LogP contribution in [0.25, 0.3) is 0 Å². The van der Waals surface area contributed by atoms with Crippen LogP contribution in [0, 0.1) is 0 Å². The molecule has 0 aromatic heterocycles. The van der Waals surface area contributed by atoms with Gasteiger partial charge >= 0.3 is 17.9 Å². The van der Waals surface area contributed by atoms with Crippen molar-refractivity contribution < 1.29 is 28.6 Å². The van der Waals surface area contributed by atoms with E-state index >= 15 is 0 Å². The van der Waals surface area contributed by atoms with Gasteiger partial charge in [-0.05, 0) is 89.9 Å². The number of unbranched alkanes of at least 4 members (excludes halogenated alkanes) is 33. The van der Waals surface area contributed by atoms with Gasteiger partial charge in [0.15, 0.2) is 6.10 Å². The highest BCUT2D eigenvalue weighted by atomic mass is 16.6. The highest BCUT2D eigenvalue weighted by Crippen LogP contribution is 2.17. The zero-order chi connectivity index (χ0) is 52.2. The predicted octanol–water partition coefficient (Wildman–Crippen LogP) is 20.9. The van der Waals surface area contributed by atoms with E-state index in [0.29, 0.717) is 19.3 Å². The van der Waals surface area contributed by atoms with Crippen molar-refractivity contribution in [3.63, 3.8) is 0 Å². The third-order valence-electron chi connectivity index (χ3n) is 13.4. The van der Waals surface area contributed by atoms with Crippen molar-refractivity contribution in [1.29, 1.82) is 0 Å². The summed E-state index contributed by atoms with van der Waals surface area (Å²) in [5.41, 5.74) is 0. The fraction of sp³-hybridized carbons (Fsp3) is 0.773. The monoisotopic (exact) mass is 1000 g/mol. The van der Waals surface area contributed by atoms with E-state index in [1.807, 2.05) is 0 Å². The molecule has 72 heavy (non-hydrogen) atoms. The number of carbonyl (C=O) groups is 3. The highest BCUT2D eigenvalue weighted by molar-refractivity contribution is 5.71. The maximum atomic E-state index is 12.8. The molecule has 0 amide bonds. The molecule has 1 atom stereocenters. The maximum Gasteiger partial charge on any atom is 0.306 e. The molecule has 0 fully saturated rings. The molecule has 6 nitrogen and oxygen atoms in total. The van der Waals surface area contributed by atoms with Gasteiger partial charge in [0.25, 0.3) is 0 Å². The molecule has 416 valence electrons. The zero-order valence-electron chi connectivity index (χ0n) is 47.7. The van der Waals surface area contributed by atoms with Gasteiger partial charge in [0.1, 0.15) is 13.2 Å². The summed E-state index contributed by atoms with van der Waals surface area (Å²) >= 11 is 0. The van der Waals surface area contributed by atoms with Crippen LogP contribution in [-0.4, -0.2) is 37.2 Å². The van der Waals surface area contributed by atoms with E-state index in [2.05, 4.69) is 93.7 Å². The highest BCUT2D eigenvalue weighted by Gasteiger charge is 2.19. The Kier molecular flexibility index (Phi) is 57.8. The first-order chi connectivity index (χ1) is 35.5. The maximum absolute atomic E-state index is 12.8. The molecule has 0 saturated carbocycles. The lowest BCUT2D eigenvalue weighted by Crippen LogP contribution is -2.30. The van der Waals surface area contributed by atoms with Crippen LogP contribution >= 0.6 is 0 Å². The number of allylic oxidation sites excluding steroid dienone is 12. The molecule has 0 aliphatic rings. The summed E-state index contributed by atoms with van der Waals surface area (Å²) in [5.74, 6) is -0.925. The van der Waals surface area contributed by atoms with E-state index in [1.54, 1.807) is 0 Å². The molecular formula is C66H116O6. The molecule has 0 heterocycles. The van der Waals surface area contributed by atoms with E-state index in [1.165, 1.54) is 180 Å². The van der Waals surface area contributed by atoms with Gasteiger partial charge in [-0.25, -0.2) is 0 Å². The van der Waals surface area contributed by atoms with Crippen molar-refractivity contribution in [1.82, 2.24) is 0 Å². The van der Waals surface area contributed by atoms with Crippen LogP contribution in [0.15, 0.2) is 72.9 Å². The van der Waals surface area contributed by atoms with Gasteiger partial charge < -0.3 is 14.2 Å². The molecule has 0 aliphatic carbocycles. The summed E-state index contributed by atoms with van der Waals surface area (Å²) in [5, 5.41) is 0. The Hall–Kier alpha value is -3.15. The number of hydrogen-bond donors (Lipinski definition) is 0. The van der Waals surface area contributed by atoms with E-state index in [0.717, 1.165) is 83.5 Å². The predicted molar refractivity (Wildman–Crippen MR) is 311 cm³/mol. The van der Waals surface area contributed by atoms with Gasteiger partial charge in [-0.2, -0.15) is 0 Å². The summed E-state index contributed by atoms with van der Waals surface area (Å²) in [6.07, 6.45) is 78.0. The lowest BCUT2D eigenvalue weighted by atomic mass is 10.0. The molecule has 0 aromatic rings. The number of ether oxygens (including phenoxy) is 3. The topological polar surface area (TPSA) is 78.9 Å². The average molecular weight is 1010 g/mol. The zero-order valence-corrected chi connectivity index (χ0v) is 47.7. The summed E-state index contributed by atoms with van der Waals surface area (Å²) in [7, 11) is 0. The van der Waals surface area contributed by atoms with E-state index < -0.39 is 6.10 Å². The quantitative estimate of drug-likeness (QED) is 0.0261. The van der Waals surface area contributed by atoms with E-state index in [9.17, 15) is 14.4 Å². The van der Waals surface area contributed by atoms with Crippen molar-refractivity contribution in [2.24, 2.45) is 0 Å². The third kappa shape index (κ3) is 57.7. The van der Waals surface area contributed by atoms with Crippen molar-refractivity contribution in [3.8, 4) is 0 Å². The van der Waals surface area contributed by atoms with Gasteiger partial charge in [-0.1, -0.05) is 273 Å². The van der Waals surface area contributed by atoms with Gasteiger partial charge in [-0.3, -0.25) is 14.4 Å². The first kappa shape index (κ1) is 68.8. The molecule has 0 saturated heterocycles. The normalized spacial score (nSPS) is 12.5. The molecule has 0 spiro atoms. The SMILES string of the molecule is CC/C=C\C/C=C\C/C=C\C/C=C\CCCCC(=O)OC(COC(=O)CCCCCCCCCC)COC(=O)CCCCCCCCCCCCCCCCCCCCC/C=C\C/C=C\CCCCCCC. The standard InChI is InChI=1S/C66H116O6/c1-4-7-10-13-16-19-21-23-25-26-27-28-29-30-31-32-33-34-35-36-37-38-39-40-42-43-45-47-50-53-56-59-65(68)71-62-63(61-70-64(67)58-55-52-49-18-15-12-9-6-3)72-66(69)60-57-54-51-48-46-44-41-24-22-20-17-14-11-8-5-2/h8,11,17,20-21,23-24,26-27,41,46,48,63H,4-7,9-10,12-16,18-19,22,25,28-40,42-45,47,49-62H2,1-3H3/b11-8-,20-17-,23-21-,27-26-,41-24-,48-46-. The van der Waals surface area contributed by atoms with Crippen LogP contribution < -0.4 is 0 Å². The van der Waals surface area contributed by atoms with Crippen LogP contribution in [0.4, 0.5) is 0 Å². The Balaban J connectivity index is 4.07. The summed E-state index contributed by atoms with van der Waals surface area (Å²) < 4.78 is 16.8. The Morgan fingerprint density at radius 3 is 0.875 bits per heavy atom. The molecule has 0 aliphatic heterocycles. The van der Waals surface area contributed by atoms with E-state index in [4.69, 9.17) is 14.2 Å². The molecule has 0 N–H and O–H groups in total. The molecule has 1 unspecified atom stereocenters. The lowest BCUT2D eigenvalue weighted by Gasteiger charge is -2.18. The van der Waals surface area contributed by atoms with Gasteiger partial charge in [-0.15, -0.1) is 0 Å². The number of carbonyl (C=O) groups excluding carboxylic acids is 3. The largest absolute Gasteiger partial charge is 0.462 e. The minimum absolute atomic E-state index is 0.0889. The molecule has 6 heteroatoms. The second-order valence-corrected chi connectivity index (χ2v) is 20.6. The van der Waals surface area contributed by atoms with Crippen LogP contribution in [0.1, 0.15) is 310 Å². The van der Waals surface area contributed by atoms with Gasteiger partial charge in [0.05, 0.1) is 0 Å². The molecule has 0 bridgehead atoms. The van der Waals surface area contributed by atoms with Crippen molar-refractivity contribution in [2.45, 2.75) is 316 Å². The van der Waals surface area contributed by atoms with E-state index in [-0.39, 0.29) is 37.5 Å². The van der Waals surface area contributed by atoms with Crippen LogP contribution in [0.2, 0.25) is 0 Å². The Morgan fingerprint density at radius 1 is 0.292 bits per heavy atom. The van der Waals surface area contributed by atoms with Crippen LogP contribution in [0.5, 0.6) is 0 Å². The second-order valence-electron chi connectivity index (χ2n) is 20.6. The summed E-state index contributed by atoms with van der Waals surface area (Å²) in [4.78, 5) is 38.0. The molecular weight excluding hydrogens is 889 g/mol. The van der Waals surface area contributed by atoms with Crippen LogP contribution in [0.3, 0.4) is 0 Å². The first-order valence-electron chi connectivity index (χ1n) is 30.9. The van der Waals surface area contributed by atoms with Gasteiger partial charge in [0, 0.05) is 19.3 Å². The van der Waals surface area contributed by atoms with Gasteiger partial charge in [0.2, 0.25) is 0 Å². The molecule has 0 rings (SSSR count). The minimum atomic E-state index is -0.793. The lowest BCUT2D eigenvalue weighted by molar-refractivity contribution is -0.167. The Bertz CT molecular complexity index is 1340. The number of rotatable bonds is 56. The molecule has 0 aromatic carbocycles. The number of hydrogen-bond acceptors (Lipinski definition) is 6.